The molecule has 1 aromatic heterocycles. The van der Waals surface area contributed by atoms with Gasteiger partial charge >= 0.3 is 0 Å². The largest absolute Gasteiger partial charge is 0.303 e. The van der Waals surface area contributed by atoms with E-state index in [-0.39, 0.29) is 11.8 Å². The van der Waals surface area contributed by atoms with Gasteiger partial charge in [-0.25, -0.2) is 8.42 Å². The van der Waals surface area contributed by atoms with E-state index >= 15 is 0 Å². The Bertz CT molecular complexity index is 594. The van der Waals surface area contributed by atoms with Crippen LogP contribution in [0.5, 0.6) is 0 Å². The second-order valence-corrected chi connectivity index (χ2v) is 6.70. The summed E-state index contributed by atoms with van der Waals surface area (Å²) in [5.41, 5.74) is 1.89. The number of sulfone groups is 1. The molecule has 0 saturated carbocycles. The van der Waals surface area contributed by atoms with Gasteiger partial charge in [0.1, 0.15) is 9.84 Å². The van der Waals surface area contributed by atoms with Gasteiger partial charge in [-0.3, -0.25) is 5.10 Å². The first-order valence-electron chi connectivity index (χ1n) is 5.99. The van der Waals surface area contributed by atoms with Crippen molar-refractivity contribution in [3.63, 3.8) is 0 Å². The highest BCUT2D eigenvalue weighted by molar-refractivity contribution is 7.90. The monoisotopic (exact) mass is 279 g/mol. The molecule has 1 atom stereocenters. The summed E-state index contributed by atoms with van der Waals surface area (Å²) in [4.78, 5) is 0. The highest BCUT2D eigenvalue weighted by Gasteiger charge is 2.16. The number of aromatic nitrogens is 2. The van der Waals surface area contributed by atoms with Crippen molar-refractivity contribution in [3.05, 3.63) is 53.9 Å². The van der Waals surface area contributed by atoms with Gasteiger partial charge in [-0.1, -0.05) is 30.3 Å². The van der Waals surface area contributed by atoms with Crippen molar-refractivity contribution in [2.45, 2.75) is 12.6 Å². The summed E-state index contributed by atoms with van der Waals surface area (Å²) in [7, 11) is -3.05. The van der Waals surface area contributed by atoms with Crippen molar-refractivity contribution >= 4 is 9.84 Å². The van der Waals surface area contributed by atoms with E-state index in [0.717, 1.165) is 11.3 Å². The van der Waals surface area contributed by atoms with Gasteiger partial charge < -0.3 is 5.32 Å². The van der Waals surface area contributed by atoms with Gasteiger partial charge in [-0.15, -0.1) is 0 Å². The van der Waals surface area contributed by atoms with Crippen LogP contribution in [0.2, 0.25) is 0 Å². The van der Waals surface area contributed by atoms with Gasteiger partial charge in [0.2, 0.25) is 0 Å². The van der Waals surface area contributed by atoms with E-state index in [1.54, 1.807) is 6.20 Å². The smallest absolute Gasteiger partial charge is 0.149 e. The van der Waals surface area contributed by atoms with Gasteiger partial charge in [0.15, 0.2) is 0 Å². The van der Waals surface area contributed by atoms with E-state index in [0.29, 0.717) is 6.54 Å². The van der Waals surface area contributed by atoms with Crippen LogP contribution < -0.4 is 5.32 Å². The van der Waals surface area contributed by atoms with Crippen LogP contribution in [0.3, 0.4) is 0 Å². The molecule has 1 aromatic carbocycles. The lowest BCUT2D eigenvalue weighted by molar-refractivity contribution is 0.546. The summed E-state index contributed by atoms with van der Waals surface area (Å²) in [6.07, 6.45) is 2.92. The van der Waals surface area contributed by atoms with E-state index in [9.17, 15) is 8.42 Å². The normalized spacial score (nSPS) is 13.3. The molecule has 0 unspecified atom stereocenters. The maximum Gasteiger partial charge on any atom is 0.149 e. The average Bonchev–Trinajstić information content (AvgIpc) is 2.87. The molecule has 2 N–H and O–H groups in total. The topological polar surface area (TPSA) is 74.8 Å². The second kappa shape index (κ2) is 5.99. The predicted octanol–water partition coefficient (Wildman–Crippen LogP) is 1.29. The number of benzene rings is 1. The first-order valence-corrected chi connectivity index (χ1v) is 8.05. The molecule has 19 heavy (non-hydrogen) atoms. The molecule has 5 nitrogen and oxygen atoms in total. The first kappa shape index (κ1) is 13.8. The Morgan fingerprint density at radius 2 is 2.00 bits per heavy atom. The minimum Gasteiger partial charge on any atom is -0.303 e. The van der Waals surface area contributed by atoms with Crippen molar-refractivity contribution < 1.29 is 8.42 Å². The van der Waals surface area contributed by atoms with Gasteiger partial charge in [-0.05, 0) is 11.6 Å². The average molecular weight is 279 g/mol. The molecule has 0 fully saturated rings. The molecule has 6 heteroatoms. The van der Waals surface area contributed by atoms with Crippen LogP contribution in [0.4, 0.5) is 0 Å². The zero-order valence-corrected chi connectivity index (χ0v) is 11.5. The molecule has 0 bridgehead atoms. The van der Waals surface area contributed by atoms with Crippen LogP contribution in [0.1, 0.15) is 17.3 Å². The van der Waals surface area contributed by atoms with Crippen LogP contribution in [-0.4, -0.2) is 30.6 Å². The van der Waals surface area contributed by atoms with E-state index in [4.69, 9.17) is 0 Å². The molecule has 0 aliphatic heterocycles. The predicted molar refractivity (Wildman–Crippen MR) is 74.3 cm³/mol. The van der Waals surface area contributed by atoms with Crippen molar-refractivity contribution in [3.8, 4) is 0 Å². The number of aromatic amines is 1. The number of H-pyrrole nitrogens is 1. The SMILES string of the molecule is CS(=O)(=O)C[C@H](NCc1ccn[nH]1)c1ccccc1. The van der Waals surface area contributed by atoms with Gasteiger partial charge in [0.25, 0.3) is 0 Å². The summed E-state index contributed by atoms with van der Waals surface area (Å²) in [6, 6.07) is 11.2. The Balaban J connectivity index is 2.10. The molecule has 0 amide bonds. The number of nitrogens with zero attached hydrogens (tertiary/aromatic N) is 1. The third-order valence-corrected chi connectivity index (χ3v) is 3.71. The summed E-state index contributed by atoms with van der Waals surface area (Å²) in [5.74, 6) is 0.0746. The summed E-state index contributed by atoms with van der Waals surface area (Å²) in [5, 5.41) is 9.95. The minimum absolute atomic E-state index is 0.0746. The maximum absolute atomic E-state index is 11.5. The van der Waals surface area contributed by atoms with E-state index in [2.05, 4.69) is 15.5 Å². The van der Waals surface area contributed by atoms with Gasteiger partial charge in [0, 0.05) is 30.7 Å². The lowest BCUT2D eigenvalue weighted by Gasteiger charge is -2.17. The van der Waals surface area contributed by atoms with Crippen molar-refractivity contribution in [1.82, 2.24) is 15.5 Å². The van der Waals surface area contributed by atoms with E-state index < -0.39 is 9.84 Å². The van der Waals surface area contributed by atoms with Crippen molar-refractivity contribution in [1.29, 1.82) is 0 Å². The molecule has 0 radical (unpaired) electrons. The van der Waals surface area contributed by atoms with Crippen molar-refractivity contribution in [2.75, 3.05) is 12.0 Å². The molecule has 2 rings (SSSR count). The Morgan fingerprint density at radius 3 is 2.58 bits per heavy atom. The van der Waals surface area contributed by atoms with Crippen molar-refractivity contribution in [2.24, 2.45) is 0 Å². The number of rotatable bonds is 6. The molecule has 0 saturated heterocycles. The maximum atomic E-state index is 11.5. The fourth-order valence-electron chi connectivity index (χ4n) is 1.88. The first-order chi connectivity index (χ1) is 9.04. The Hall–Kier alpha value is -1.66. The second-order valence-electron chi connectivity index (χ2n) is 4.52. The van der Waals surface area contributed by atoms with Crippen LogP contribution in [0.25, 0.3) is 0 Å². The van der Waals surface area contributed by atoms with Crippen LogP contribution in [0.15, 0.2) is 42.6 Å². The van der Waals surface area contributed by atoms with E-state index in [1.807, 2.05) is 36.4 Å². The Kier molecular flexibility index (Phi) is 4.34. The molecule has 102 valence electrons. The zero-order valence-electron chi connectivity index (χ0n) is 10.7. The van der Waals surface area contributed by atoms with Gasteiger partial charge in [0.05, 0.1) is 5.75 Å². The third-order valence-electron chi connectivity index (χ3n) is 2.77. The number of nitrogens with one attached hydrogen (secondary N) is 2. The van der Waals surface area contributed by atoms with Crippen LogP contribution in [-0.2, 0) is 16.4 Å². The van der Waals surface area contributed by atoms with Gasteiger partial charge in [-0.2, -0.15) is 5.10 Å². The molecule has 0 spiro atoms. The molecular weight excluding hydrogens is 262 g/mol. The molecule has 0 aliphatic rings. The summed E-state index contributed by atoms with van der Waals surface area (Å²) in [6.45, 7) is 0.551. The number of hydrogen-bond donors (Lipinski definition) is 2. The summed E-state index contributed by atoms with van der Waals surface area (Å²) >= 11 is 0. The quantitative estimate of drug-likeness (QED) is 0.835. The lowest BCUT2D eigenvalue weighted by Crippen LogP contribution is -2.27. The van der Waals surface area contributed by atoms with Crippen LogP contribution >= 0.6 is 0 Å². The lowest BCUT2D eigenvalue weighted by atomic mass is 10.1. The highest BCUT2D eigenvalue weighted by atomic mass is 32.2. The van der Waals surface area contributed by atoms with E-state index in [1.165, 1.54) is 6.26 Å². The Morgan fingerprint density at radius 1 is 1.26 bits per heavy atom. The fourth-order valence-corrected chi connectivity index (χ4v) is 2.79. The molecule has 0 aliphatic carbocycles. The number of hydrogen-bond acceptors (Lipinski definition) is 4. The molecule has 2 aromatic rings. The summed E-state index contributed by atoms with van der Waals surface area (Å²) < 4.78 is 23.0. The Labute approximate surface area is 113 Å². The minimum atomic E-state index is -3.05. The zero-order chi connectivity index (χ0) is 13.7. The fraction of sp³-hybridized carbons (Fsp3) is 0.308. The standard InChI is InChI=1S/C13H17N3O2S/c1-19(17,18)10-13(11-5-3-2-4-6-11)14-9-12-7-8-15-16-12/h2-8,13-14H,9-10H2,1H3,(H,15,16)/t13-/m0/s1. The third kappa shape index (κ3) is 4.50. The molecular formula is C13H17N3O2S. The molecule has 1 heterocycles. The highest BCUT2D eigenvalue weighted by Crippen LogP contribution is 2.15. The van der Waals surface area contributed by atoms with Crippen LogP contribution in [0, 0.1) is 0 Å².